The van der Waals surface area contributed by atoms with Gasteiger partial charge in [0.05, 0.1) is 4.90 Å². The summed E-state index contributed by atoms with van der Waals surface area (Å²) in [6.45, 7) is 3.63. The van der Waals surface area contributed by atoms with Gasteiger partial charge in [-0.05, 0) is 44.2 Å². The van der Waals surface area contributed by atoms with Crippen LogP contribution in [0.1, 0.15) is 19.5 Å². The van der Waals surface area contributed by atoms with Gasteiger partial charge in [-0.15, -0.1) is 0 Å². The van der Waals surface area contributed by atoms with Gasteiger partial charge in [-0.25, -0.2) is 27.8 Å². The standard InChI is InChI=1S/C20H19F4N5O2S/c1-11(2)25-16-10-17(26-12-5-4-6-13(9-12)32(3,30)31)29-19(28-16)18-14(21)7-8-15(27-18)20(22,23)24/h4-11H,1-3H3,(H2,25,26,28,29). The molecule has 0 aliphatic heterocycles. The molecule has 0 radical (unpaired) electrons. The zero-order chi connectivity index (χ0) is 23.7. The summed E-state index contributed by atoms with van der Waals surface area (Å²) in [6, 6.07) is 8.43. The summed E-state index contributed by atoms with van der Waals surface area (Å²) in [7, 11) is -3.47. The van der Waals surface area contributed by atoms with E-state index in [4.69, 9.17) is 0 Å². The summed E-state index contributed by atoms with van der Waals surface area (Å²) in [6.07, 6.45) is -3.72. The van der Waals surface area contributed by atoms with Gasteiger partial charge in [-0.1, -0.05) is 6.07 Å². The Morgan fingerprint density at radius 3 is 2.28 bits per heavy atom. The fourth-order valence-electron chi connectivity index (χ4n) is 2.70. The second-order valence-electron chi connectivity index (χ2n) is 7.21. The lowest BCUT2D eigenvalue weighted by Gasteiger charge is -2.14. The van der Waals surface area contributed by atoms with Gasteiger partial charge in [0.2, 0.25) is 0 Å². The first kappa shape index (κ1) is 23.4. The number of sulfone groups is 1. The van der Waals surface area contributed by atoms with Gasteiger partial charge in [-0.2, -0.15) is 13.2 Å². The molecule has 0 aliphatic carbocycles. The normalized spacial score (nSPS) is 12.1. The summed E-state index contributed by atoms with van der Waals surface area (Å²) in [5, 5.41) is 5.86. The highest BCUT2D eigenvalue weighted by molar-refractivity contribution is 7.90. The largest absolute Gasteiger partial charge is 0.433 e. The van der Waals surface area contributed by atoms with E-state index < -0.39 is 33.2 Å². The van der Waals surface area contributed by atoms with Crippen LogP contribution in [0.3, 0.4) is 0 Å². The number of nitrogens with one attached hydrogen (secondary N) is 2. The van der Waals surface area contributed by atoms with Crippen LogP contribution in [-0.4, -0.2) is 35.7 Å². The SMILES string of the molecule is CC(C)Nc1cc(Nc2cccc(S(C)(=O)=O)c2)nc(-c2nc(C(F)(F)F)ccc2F)n1. The van der Waals surface area contributed by atoms with Gasteiger partial charge in [-0.3, -0.25) is 0 Å². The monoisotopic (exact) mass is 469 g/mol. The molecule has 0 spiro atoms. The second kappa shape index (κ2) is 8.69. The molecule has 0 fully saturated rings. The second-order valence-corrected chi connectivity index (χ2v) is 9.23. The fourth-order valence-corrected chi connectivity index (χ4v) is 3.36. The number of alkyl halides is 3. The molecule has 3 rings (SSSR count). The maximum atomic E-state index is 14.4. The van der Waals surface area contributed by atoms with Crippen molar-refractivity contribution >= 4 is 27.2 Å². The van der Waals surface area contributed by atoms with Crippen molar-refractivity contribution in [1.29, 1.82) is 0 Å². The van der Waals surface area contributed by atoms with Crippen LogP contribution in [0.2, 0.25) is 0 Å². The van der Waals surface area contributed by atoms with Gasteiger partial charge >= 0.3 is 6.18 Å². The first-order valence-electron chi connectivity index (χ1n) is 9.30. The van der Waals surface area contributed by atoms with E-state index in [1.165, 1.54) is 24.3 Å². The predicted molar refractivity (Wildman–Crippen MR) is 112 cm³/mol. The molecule has 0 atom stereocenters. The molecule has 2 N–H and O–H groups in total. The molecule has 0 aliphatic rings. The maximum Gasteiger partial charge on any atom is 0.433 e. The number of anilines is 3. The summed E-state index contributed by atoms with van der Waals surface area (Å²) in [5.74, 6) is -1.08. The molecule has 12 heteroatoms. The van der Waals surface area contributed by atoms with E-state index in [9.17, 15) is 26.0 Å². The Morgan fingerprint density at radius 2 is 1.66 bits per heavy atom. The molecule has 7 nitrogen and oxygen atoms in total. The van der Waals surface area contributed by atoms with E-state index >= 15 is 0 Å². The molecule has 0 saturated heterocycles. The summed E-state index contributed by atoms with van der Waals surface area (Å²) in [5.41, 5.74) is -1.60. The molecular weight excluding hydrogens is 450 g/mol. The molecule has 2 heterocycles. The average Bonchev–Trinajstić information content (AvgIpc) is 2.66. The Hall–Kier alpha value is -3.28. The van der Waals surface area contributed by atoms with E-state index in [2.05, 4.69) is 25.6 Å². The predicted octanol–water partition coefficient (Wildman–Crippen LogP) is 4.66. The highest BCUT2D eigenvalue weighted by Gasteiger charge is 2.33. The highest BCUT2D eigenvalue weighted by atomic mass is 32.2. The Balaban J connectivity index is 2.09. The molecule has 0 bridgehead atoms. The van der Waals surface area contributed by atoms with Crippen LogP contribution in [0.5, 0.6) is 0 Å². The summed E-state index contributed by atoms with van der Waals surface area (Å²) in [4.78, 5) is 11.6. The van der Waals surface area contributed by atoms with Crippen molar-refractivity contribution in [2.75, 3.05) is 16.9 Å². The number of rotatable bonds is 6. The third kappa shape index (κ3) is 5.69. The smallest absolute Gasteiger partial charge is 0.368 e. The van der Waals surface area contributed by atoms with E-state index in [-0.39, 0.29) is 28.4 Å². The van der Waals surface area contributed by atoms with Crippen LogP contribution < -0.4 is 10.6 Å². The quantitative estimate of drug-likeness (QED) is 0.507. The first-order valence-corrected chi connectivity index (χ1v) is 11.2. The lowest BCUT2D eigenvalue weighted by Crippen LogP contribution is -2.13. The molecule has 0 unspecified atom stereocenters. The number of hydrogen-bond acceptors (Lipinski definition) is 7. The van der Waals surface area contributed by atoms with Crippen LogP contribution >= 0.6 is 0 Å². The van der Waals surface area contributed by atoms with Crippen molar-refractivity contribution in [2.24, 2.45) is 0 Å². The summed E-state index contributed by atoms with van der Waals surface area (Å²) >= 11 is 0. The molecule has 32 heavy (non-hydrogen) atoms. The number of benzene rings is 1. The molecule has 2 aromatic heterocycles. The zero-order valence-corrected chi connectivity index (χ0v) is 18.0. The molecule has 1 aromatic carbocycles. The van der Waals surface area contributed by atoms with Crippen LogP contribution in [0, 0.1) is 5.82 Å². The Bertz CT molecular complexity index is 1250. The Kier molecular flexibility index (Phi) is 6.35. The lowest BCUT2D eigenvalue weighted by molar-refractivity contribution is -0.141. The van der Waals surface area contributed by atoms with E-state index in [0.717, 1.165) is 6.26 Å². The van der Waals surface area contributed by atoms with E-state index in [1.54, 1.807) is 6.07 Å². The number of aromatic nitrogens is 3. The van der Waals surface area contributed by atoms with Crippen LogP contribution in [0.25, 0.3) is 11.5 Å². The minimum Gasteiger partial charge on any atom is -0.368 e. The topological polar surface area (TPSA) is 96.9 Å². The molecule has 0 amide bonds. The lowest BCUT2D eigenvalue weighted by atomic mass is 10.2. The fraction of sp³-hybridized carbons (Fsp3) is 0.250. The van der Waals surface area contributed by atoms with Gasteiger partial charge in [0.1, 0.15) is 23.0 Å². The number of nitrogens with zero attached hydrogens (tertiary/aromatic N) is 3. The van der Waals surface area contributed by atoms with Crippen molar-refractivity contribution in [3.05, 3.63) is 54.0 Å². The number of hydrogen-bond donors (Lipinski definition) is 2. The van der Waals surface area contributed by atoms with Crippen LogP contribution in [-0.2, 0) is 16.0 Å². The third-order valence-electron chi connectivity index (χ3n) is 4.05. The van der Waals surface area contributed by atoms with Gasteiger partial charge < -0.3 is 10.6 Å². The van der Waals surface area contributed by atoms with Gasteiger partial charge in [0, 0.05) is 24.1 Å². The minimum atomic E-state index is -4.77. The molecule has 3 aromatic rings. The maximum absolute atomic E-state index is 14.4. The zero-order valence-electron chi connectivity index (χ0n) is 17.2. The highest BCUT2D eigenvalue weighted by Crippen LogP contribution is 2.31. The summed E-state index contributed by atoms with van der Waals surface area (Å²) < 4.78 is 77.2. The van der Waals surface area contributed by atoms with Crippen molar-refractivity contribution in [1.82, 2.24) is 15.0 Å². The Morgan fingerprint density at radius 1 is 0.969 bits per heavy atom. The van der Waals surface area contributed by atoms with Gasteiger partial charge in [0.15, 0.2) is 21.5 Å². The minimum absolute atomic E-state index is 0.0582. The van der Waals surface area contributed by atoms with Crippen molar-refractivity contribution in [3.63, 3.8) is 0 Å². The van der Waals surface area contributed by atoms with Crippen molar-refractivity contribution in [2.45, 2.75) is 31.0 Å². The van der Waals surface area contributed by atoms with Crippen molar-refractivity contribution in [3.8, 4) is 11.5 Å². The first-order chi connectivity index (χ1) is 14.8. The molecule has 170 valence electrons. The third-order valence-corrected chi connectivity index (χ3v) is 5.16. The van der Waals surface area contributed by atoms with Crippen molar-refractivity contribution < 1.29 is 26.0 Å². The van der Waals surface area contributed by atoms with Gasteiger partial charge in [0.25, 0.3) is 0 Å². The number of pyridine rings is 1. The molecule has 0 saturated carbocycles. The van der Waals surface area contributed by atoms with Crippen LogP contribution in [0.4, 0.5) is 34.9 Å². The molecular formula is C20H19F4N5O2S. The van der Waals surface area contributed by atoms with E-state index in [0.29, 0.717) is 17.8 Å². The van der Waals surface area contributed by atoms with Crippen LogP contribution in [0.15, 0.2) is 47.4 Å². The van der Waals surface area contributed by atoms with E-state index in [1.807, 2.05) is 13.8 Å². The number of halogens is 4. The Labute approximate surface area is 181 Å². The average molecular weight is 469 g/mol.